The van der Waals surface area contributed by atoms with Crippen molar-refractivity contribution in [2.75, 3.05) is 14.1 Å². The fourth-order valence-electron chi connectivity index (χ4n) is 3.49. The number of H-pyrrole nitrogens is 1. The summed E-state index contributed by atoms with van der Waals surface area (Å²) in [5.41, 5.74) is 4.10. The van der Waals surface area contributed by atoms with Gasteiger partial charge in [-0.25, -0.2) is 9.37 Å². The zero-order chi connectivity index (χ0) is 18.4. The second kappa shape index (κ2) is 6.12. The maximum Gasteiger partial charge on any atom is 0.253 e. The Bertz CT molecular complexity index is 1010. The van der Waals surface area contributed by atoms with Crippen molar-refractivity contribution >= 4 is 16.9 Å². The minimum absolute atomic E-state index is 0.0965. The van der Waals surface area contributed by atoms with Crippen LogP contribution >= 0.6 is 0 Å². The summed E-state index contributed by atoms with van der Waals surface area (Å²) < 4.78 is 19.7. The van der Waals surface area contributed by atoms with Crippen LogP contribution in [0.3, 0.4) is 0 Å². The number of imidazole rings is 1. The van der Waals surface area contributed by atoms with E-state index in [1.807, 2.05) is 13.0 Å². The van der Waals surface area contributed by atoms with Gasteiger partial charge in [-0.1, -0.05) is 6.07 Å². The molecule has 134 valence electrons. The highest BCUT2D eigenvalue weighted by Gasteiger charge is 2.25. The van der Waals surface area contributed by atoms with Crippen LogP contribution in [-0.2, 0) is 12.8 Å². The molecule has 1 heterocycles. The largest absolute Gasteiger partial charge is 0.487 e. The first-order chi connectivity index (χ1) is 12.4. The van der Waals surface area contributed by atoms with Crippen LogP contribution in [0.2, 0.25) is 0 Å². The second-order valence-electron chi connectivity index (χ2n) is 6.95. The van der Waals surface area contributed by atoms with E-state index in [0.29, 0.717) is 29.7 Å². The number of carbonyl (C=O) groups excluding carboxylic acids is 1. The molecule has 1 atom stereocenters. The van der Waals surface area contributed by atoms with E-state index in [1.165, 1.54) is 11.0 Å². The van der Waals surface area contributed by atoms with Gasteiger partial charge in [0.2, 0.25) is 0 Å². The molecule has 1 aromatic heterocycles. The Morgan fingerprint density at radius 3 is 2.77 bits per heavy atom. The predicted molar refractivity (Wildman–Crippen MR) is 97.1 cm³/mol. The summed E-state index contributed by atoms with van der Waals surface area (Å²) in [7, 11) is 3.43. The molecule has 3 aromatic rings. The smallest absolute Gasteiger partial charge is 0.253 e. The van der Waals surface area contributed by atoms with Gasteiger partial charge in [-0.2, -0.15) is 0 Å². The molecular formula is C20H20FN3O2. The number of carbonyl (C=O) groups is 1. The Labute approximate surface area is 150 Å². The van der Waals surface area contributed by atoms with E-state index < -0.39 is 0 Å². The summed E-state index contributed by atoms with van der Waals surface area (Å²) in [6.45, 7) is 1.87. The van der Waals surface area contributed by atoms with Gasteiger partial charge in [-0.15, -0.1) is 0 Å². The summed E-state index contributed by atoms with van der Waals surface area (Å²) in [4.78, 5) is 21.6. The second-order valence-corrected chi connectivity index (χ2v) is 6.95. The average Bonchev–Trinajstić information content (AvgIpc) is 3.15. The highest BCUT2D eigenvalue weighted by atomic mass is 19.1. The minimum atomic E-state index is -0.228. The maximum absolute atomic E-state index is 13.4. The molecule has 4 rings (SSSR count). The van der Waals surface area contributed by atoms with Gasteiger partial charge in [-0.3, -0.25) is 4.79 Å². The van der Waals surface area contributed by atoms with Crippen molar-refractivity contribution in [3.63, 3.8) is 0 Å². The molecule has 6 heteroatoms. The predicted octanol–water partition coefficient (Wildman–Crippen LogP) is 3.26. The maximum atomic E-state index is 13.4. The Morgan fingerprint density at radius 2 is 2.00 bits per heavy atom. The molecule has 0 radical (unpaired) electrons. The van der Waals surface area contributed by atoms with Gasteiger partial charge in [0.25, 0.3) is 5.91 Å². The van der Waals surface area contributed by atoms with E-state index in [1.54, 1.807) is 32.3 Å². The van der Waals surface area contributed by atoms with E-state index in [0.717, 1.165) is 22.5 Å². The van der Waals surface area contributed by atoms with Gasteiger partial charge < -0.3 is 14.6 Å². The number of fused-ring (bicyclic) bond motifs is 2. The van der Waals surface area contributed by atoms with Crippen molar-refractivity contribution in [1.82, 2.24) is 14.9 Å². The Balaban J connectivity index is 1.68. The summed E-state index contributed by atoms with van der Waals surface area (Å²) in [5, 5.41) is 0. The summed E-state index contributed by atoms with van der Waals surface area (Å²) in [5.74, 6) is 1.01. The first-order valence-corrected chi connectivity index (χ1v) is 8.56. The molecule has 1 amide bonds. The highest BCUT2D eigenvalue weighted by Crippen LogP contribution is 2.31. The monoisotopic (exact) mass is 353 g/mol. The molecule has 1 aliphatic rings. The molecule has 2 aromatic carbocycles. The number of halogens is 1. The van der Waals surface area contributed by atoms with Crippen LogP contribution in [0.4, 0.5) is 4.39 Å². The van der Waals surface area contributed by atoms with Crippen molar-refractivity contribution in [2.24, 2.45) is 0 Å². The third-order valence-electron chi connectivity index (χ3n) is 4.68. The molecule has 1 aliphatic carbocycles. The average molecular weight is 353 g/mol. The van der Waals surface area contributed by atoms with Crippen LogP contribution in [0.15, 0.2) is 30.3 Å². The molecule has 1 unspecified atom stereocenters. The summed E-state index contributed by atoms with van der Waals surface area (Å²) in [6.07, 6.45) is 1.26. The van der Waals surface area contributed by atoms with E-state index in [9.17, 15) is 9.18 Å². The number of aromatic amines is 1. The number of amides is 1. The van der Waals surface area contributed by atoms with Crippen LogP contribution in [0.5, 0.6) is 5.75 Å². The number of ether oxygens (including phenoxy) is 1. The number of benzene rings is 2. The minimum Gasteiger partial charge on any atom is -0.487 e. The van der Waals surface area contributed by atoms with Gasteiger partial charge in [-0.05, 0) is 42.3 Å². The van der Waals surface area contributed by atoms with Gasteiger partial charge >= 0.3 is 0 Å². The van der Waals surface area contributed by atoms with Crippen LogP contribution in [0.1, 0.15) is 27.3 Å². The molecule has 1 N–H and O–H groups in total. The lowest BCUT2D eigenvalue weighted by Gasteiger charge is -2.16. The molecule has 0 aliphatic heterocycles. The number of nitrogens with zero attached hydrogens (tertiary/aromatic N) is 2. The van der Waals surface area contributed by atoms with Gasteiger partial charge in [0.1, 0.15) is 29.0 Å². The lowest BCUT2D eigenvalue weighted by molar-refractivity contribution is 0.0827. The first-order valence-electron chi connectivity index (χ1n) is 8.56. The van der Waals surface area contributed by atoms with Crippen LogP contribution in [-0.4, -0.2) is 41.0 Å². The normalized spacial score (nSPS) is 15.9. The molecule has 0 fully saturated rings. The van der Waals surface area contributed by atoms with Crippen LogP contribution < -0.4 is 4.74 Å². The standard InChI is InChI=1S/C20H20FN3O2/c1-11-22-17-9-14(20(25)24(2)3)10-18(19(17)23-11)26-16-7-12-4-5-15(21)6-13(12)8-16/h4-6,9-10,16H,7-8H2,1-3H3,(H,22,23). The van der Waals surface area contributed by atoms with Crippen molar-refractivity contribution in [2.45, 2.75) is 25.9 Å². The topological polar surface area (TPSA) is 58.2 Å². The number of nitrogens with one attached hydrogen (secondary N) is 1. The van der Waals surface area contributed by atoms with E-state index in [4.69, 9.17) is 4.74 Å². The summed E-state index contributed by atoms with van der Waals surface area (Å²) in [6, 6.07) is 8.40. The van der Waals surface area contributed by atoms with Gasteiger partial charge in [0.05, 0.1) is 5.52 Å². The molecule has 0 saturated carbocycles. The lowest BCUT2D eigenvalue weighted by Crippen LogP contribution is -2.22. The van der Waals surface area contributed by atoms with Crippen molar-refractivity contribution < 1.29 is 13.9 Å². The zero-order valence-electron chi connectivity index (χ0n) is 15.0. The fraction of sp³-hybridized carbons (Fsp3) is 0.300. The molecular weight excluding hydrogens is 333 g/mol. The number of aryl methyl sites for hydroxylation is 1. The van der Waals surface area contributed by atoms with Crippen molar-refractivity contribution in [3.8, 4) is 5.75 Å². The van der Waals surface area contributed by atoms with Crippen molar-refractivity contribution in [1.29, 1.82) is 0 Å². The van der Waals surface area contributed by atoms with Crippen LogP contribution in [0.25, 0.3) is 11.0 Å². The Morgan fingerprint density at radius 1 is 1.23 bits per heavy atom. The van der Waals surface area contributed by atoms with E-state index >= 15 is 0 Å². The molecule has 26 heavy (non-hydrogen) atoms. The zero-order valence-corrected chi connectivity index (χ0v) is 15.0. The highest BCUT2D eigenvalue weighted by molar-refractivity contribution is 5.99. The number of rotatable bonds is 3. The quantitative estimate of drug-likeness (QED) is 0.786. The molecule has 0 saturated heterocycles. The molecule has 0 spiro atoms. The lowest BCUT2D eigenvalue weighted by atomic mass is 10.1. The van der Waals surface area contributed by atoms with Gasteiger partial charge in [0.15, 0.2) is 0 Å². The third kappa shape index (κ3) is 2.92. The fourth-order valence-corrected chi connectivity index (χ4v) is 3.49. The first kappa shape index (κ1) is 16.6. The summed E-state index contributed by atoms with van der Waals surface area (Å²) >= 11 is 0. The number of hydrogen-bond donors (Lipinski definition) is 1. The third-order valence-corrected chi connectivity index (χ3v) is 4.68. The number of aromatic nitrogens is 2. The molecule has 5 nitrogen and oxygen atoms in total. The van der Waals surface area contributed by atoms with E-state index in [2.05, 4.69) is 9.97 Å². The van der Waals surface area contributed by atoms with Gasteiger partial charge in [0, 0.05) is 32.5 Å². The Hall–Kier alpha value is -2.89. The SMILES string of the molecule is Cc1nc2c(OC3Cc4ccc(F)cc4C3)cc(C(=O)N(C)C)cc2[nH]1. The Kier molecular flexibility index (Phi) is 3.90. The molecule has 0 bridgehead atoms. The van der Waals surface area contributed by atoms with Crippen LogP contribution in [0, 0.1) is 12.7 Å². The number of hydrogen-bond acceptors (Lipinski definition) is 3. The van der Waals surface area contributed by atoms with E-state index in [-0.39, 0.29) is 17.8 Å². The van der Waals surface area contributed by atoms with Crippen molar-refractivity contribution in [3.05, 3.63) is 58.7 Å².